The van der Waals surface area contributed by atoms with Gasteiger partial charge in [-0.2, -0.15) is 0 Å². The molecule has 0 atom stereocenters. The van der Waals surface area contributed by atoms with E-state index in [-0.39, 0.29) is 0 Å². The molecule has 3 nitrogen and oxygen atoms in total. The Hall–Kier alpha value is 0.610. The van der Waals surface area contributed by atoms with Gasteiger partial charge in [0, 0.05) is 36.0 Å². The van der Waals surface area contributed by atoms with Gasteiger partial charge in [0.25, 0.3) is 0 Å². The highest BCUT2D eigenvalue weighted by Crippen LogP contribution is 2.42. The minimum Gasteiger partial charge on any atom is -0.378 e. The minimum absolute atomic E-state index is 0.697. The van der Waals surface area contributed by atoms with Gasteiger partial charge in [-0.25, -0.2) is 3.11 Å². The first kappa shape index (κ1) is 11.7. The van der Waals surface area contributed by atoms with Crippen LogP contribution < -0.4 is 0 Å². The van der Waals surface area contributed by atoms with E-state index in [1.54, 1.807) is 0 Å². The van der Waals surface area contributed by atoms with Crippen molar-refractivity contribution in [3.63, 3.8) is 0 Å². The molecule has 3 aliphatic heterocycles. The van der Waals surface area contributed by atoms with Crippen molar-refractivity contribution in [2.24, 2.45) is 5.41 Å². The number of ether oxygens (including phenoxy) is 1. The molecule has 3 saturated heterocycles. The third-order valence-corrected chi connectivity index (χ3v) is 5.73. The van der Waals surface area contributed by atoms with E-state index in [1.807, 2.05) is 0 Å². The van der Waals surface area contributed by atoms with Crippen LogP contribution in [0, 0.1) is 5.41 Å². The first-order valence-corrected chi connectivity index (χ1v) is 7.47. The Kier molecular flexibility index (Phi) is 3.44. The molecule has 0 N–H and O–H groups in total. The van der Waals surface area contributed by atoms with Gasteiger partial charge in [0.2, 0.25) is 0 Å². The molecule has 92 valence electrons. The van der Waals surface area contributed by atoms with Gasteiger partial charge in [0.1, 0.15) is 0 Å². The Morgan fingerprint density at radius 3 is 2.00 bits per heavy atom. The zero-order valence-electron chi connectivity index (χ0n) is 9.83. The van der Waals surface area contributed by atoms with E-state index in [4.69, 9.17) is 4.74 Å². The summed E-state index contributed by atoms with van der Waals surface area (Å²) in [5, 5.41) is 0. The topological polar surface area (TPSA) is 15.7 Å². The van der Waals surface area contributed by atoms with Gasteiger partial charge in [-0.1, -0.05) is 0 Å². The molecule has 0 saturated carbocycles. The molecule has 0 unspecified atom stereocenters. The molecule has 3 fully saturated rings. The summed E-state index contributed by atoms with van der Waals surface area (Å²) in [4.78, 5) is 2.66. The van der Waals surface area contributed by atoms with Crippen molar-refractivity contribution in [2.45, 2.75) is 31.7 Å². The highest BCUT2D eigenvalue weighted by atomic mass is 127. The van der Waals surface area contributed by atoms with E-state index < -0.39 is 0 Å². The summed E-state index contributed by atoms with van der Waals surface area (Å²) >= 11 is 2.47. The second-order valence-electron chi connectivity index (χ2n) is 5.64. The first-order chi connectivity index (χ1) is 7.77. The van der Waals surface area contributed by atoms with Crippen molar-refractivity contribution in [1.29, 1.82) is 0 Å². The molecule has 0 radical (unpaired) electrons. The van der Waals surface area contributed by atoms with Gasteiger partial charge in [0.05, 0.1) is 19.3 Å². The van der Waals surface area contributed by atoms with Crippen molar-refractivity contribution in [2.75, 3.05) is 39.4 Å². The van der Waals surface area contributed by atoms with Gasteiger partial charge < -0.3 is 4.74 Å². The molecule has 3 aliphatic rings. The number of piperidine rings is 2. The maximum absolute atomic E-state index is 5.29. The summed E-state index contributed by atoms with van der Waals surface area (Å²) in [7, 11) is 0. The van der Waals surface area contributed by atoms with E-state index in [9.17, 15) is 0 Å². The van der Waals surface area contributed by atoms with E-state index >= 15 is 0 Å². The lowest BCUT2D eigenvalue weighted by Gasteiger charge is -2.49. The molecule has 0 bridgehead atoms. The van der Waals surface area contributed by atoms with E-state index in [0.29, 0.717) is 5.41 Å². The van der Waals surface area contributed by atoms with Crippen molar-refractivity contribution in [3.8, 4) is 0 Å². The zero-order valence-corrected chi connectivity index (χ0v) is 12.0. The monoisotopic (exact) mass is 336 g/mol. The maximum Gasteiger partial charge on any atom is 0.0645 e. The Balaban J connectivity index is 1.53. The average Bonchev–Trinajstić information content (AvgIpc) is 2.24. The van der Waals surface area contributed by atoms with Crippen LogP contribution in [0.3, 0.4) is 0 Å². The predicted octanol–water partition coefficient (Wildman–Crippen LogP) is 1.91. The lowest BCUT2D eigenvalue weighted by molar-refractivity contribution is -0.0849. The third-order valence-electron chi connectivity index (χ3n) is 4.77. The smallest absolute Gasteiger partial charge is 0.0645 e. The summed E-state index contributed by atoms with van der Waals surface area (Å²) in [5.74, 6) is 0. The van der Waals surface area contributed by atoms with Gasteiger partial charge in [-0.3, -0.25) is 4.90 Å². The maximum atomic E-state index is 5.29. The molecule has 3 rings (SSSR count). The van der Waals surface area contributed by atoms with Crippen molar-refractivity contribution >= 4 is 22.9 Å². The van der Waals surface area contributed by atoms with Crippen molar-refractivity contribution in [3.05, 3.63) is 0 Å². The van der Waals surface area contributed by atoms with Crippen molar-refractivity contribution in [1.82, 2.24) is 8.01 Å². The second-order valence-corrected chi connectivity index (χ2v) is 7.00. The molecule has 1 spiro atoms. The lowest BCUT2D eigenvalue weighted by Crippen LogP contribution is -2.54. The molecule has 4 heteroatoms. The Bertz CT molecular complexity index is 239. The van der Waals surface area contributed by atoms with E-state index in [0.717, 1.165) is 19.3 Å². The van der Waals surface area contributed by atoms with Crippen LogP contribution in [0.2, 0.25) is 0 Å². The standard InChI is InChI=1S/C12H21IN2O/c13-15-7-3-12(4-8-15)1-5-14(6-2-12)11-9-16-10-11/h11H,1-10H2. The van der Waals surface area contributed by atoms with Crippen LogP contribution in [0.25, 0.3) is 0 Å². The van der Waals surface area contributed by atoms with Crippen LogP contribution in [-0.2, 0) is 4.74 Å². The number of nitrogens with zero attached hydrogens (tertiary/aromatic N) is 2. The molecule has 0 aromatic carbocycles. The molecule has 16 heavy (non-hydrogen) atoms. The van der Waals surface area contributed by atoms with Gasteiger partial charge in [-0.05, 0) is 44.2 Å². The Labute approximate surface area is 112 Å². The molecular weight excluding hydrogens is 315 g/mol. The fraction of sp³-hybridized carbons (Fsp3) is 1.00. The molecule has 3 heterocycles. The van der Waals surface area contributed by atoms with Crippen LogP contribution in [0.4, 0.5) is 0 Å². The number of likely N-dealkylation sites (tertiary alicyclic amines) is 1. The highest BCUT2D eigenvalue weighted by Gasteiger charge is 2.39. The molecular formula is C12H21IN2O. The Morgan fingerprint density at radius 2 is 1.50 bits per heavy atom. The molecule has 0 aromatic heterocycles. The van der Waals surface area contributed by atoms with Crippen LogP contribution in [-0.4, -0.2) is 53.4 Å². The number of hydrogen-bond donors (Lipinski definition) is 0. The summed E-state index contributed by atoms with van der Waals surface area (Å²) in [6.45, 7) is 7.19. The van der Waals surface area contributed by atoms with Gasteiger partial charge in [-0.15, -0.1) is 0 Å². The first-order valence-electron chi connectivity index (χ1n) is 6.50. The highest BCUT2D eigenvalue weighted by molar-refractivity contribution is 14.1. The van der Waals surface area contributed by atoms with E-state index in [1.165, 1.54) is 51.9 Å². The Morgan fingerprint density at radius 1 is 0.938 bits per heavy atom. The van der Waals surface area contributed by atoms with Gasteiger partial charge >= 0.3 is 0 Å². The largest absolute Gasteiger partial charge is 0.378 e. The molecule has 0 aliphatic carbocycles. The number of halogens is 1. The van der Waals surface area contributed by atoms with Crippen LogP contribution in [0.15, 0.2) is 0 Å². The SMILES string of the molecule is IN1CCC2(CC1)CCN(C1COC1)CC2. The quantitative estimate of drug-likeness (QED) is 0.537. The molecule has 0 aromatic rings. The van der Waals surface area contributed by atoms with Crippen molar-refractivity contribution < 1.29 is 4.74 Å². The lowest BCUT2D eigenvalue weighted by atomic mass is 9.71. The van der Waals surface area contributed by atoms with Crippen LogP contribution in [0.1, 0.15) is 25.7 Å². The van der Waals surface area contributed by atoms with Crippen LogP contribution in [0.5, 0.6) is 0 Å². The summed E-state index contributed by atoms with van der Waals surface area (Å²) < 4.78 is 7.74. The minimum atomic E-state index is 0.697. The summed E-state index contributed by atoms with van der Waals surface area (Å²) in [6.07, 6.45) is 5.69. The summed E-state index contributed by atoms with van der Waals surface area (Å²) in [5.41, 5.74) is 0.697. The van der Waals surface area contributed by atoms with Gasteiger partial charge in [0.15, 0.2) is 0 Å². The summed E-state index contributed by atoms with van der Waals surface area (Å²) in [6, 6.07) is 0.752. The molecule has 0 amide bonds. The third kappa shape index (κ3) is 2.26. The zero-order chi connectivity index (χ0) is 11.0. The normalized spacial score (nSPS) is 32.8. The predicted molar refractivity (Wildman–Crippen MR) is 72.7 cm³/mol. The number of rotatable bonds is 1. The fourth-order valence-electron chi connectivity index (χ4n) is 3.25. The second kappa shape index (κ2) is 4.71. The van der Waals surface area contributed by atoms with E-state index in [2.05, 4.69) is 30.9 Å². The van der Waals surface area contributed by atoms with Crippen LogP contribution >= 0.6 is 22.9 Å². The number of hydrogen-bond acceptors (Lipinski definition) is 3. The average molecular weight is 336 g/mol. The fourth-order valence-corrected chi connectivity index (χ4v) is 3.73.